The second-order valence-corrected chi connectivity index (χ2v) is 8.09. The number of amides is 3. The SMILES string of the molecule is CC(C)c1ccc(C2(C)NC(=O)N(CC(=O)c3ccc(Cl)c(Cl)c3)C2=O)cc1. The Morgan fingerprint density at radius 3 is 2.29 bits per heavy atom. The lowest BCUT2D eigenvalue weighted by Gasteiger charge is -2.22. The van der Waals surface area contributed by atoms with E-state index in [0.717, 1.165) is 10.5 Å². The van der Waals surface area contributed by atoms with Crippen LogP contribution in [0.1, 0.15) is 48.2 Å². The number of carbonyl (C=O) groups is 3. The average molecular weight is 419 g/mol. The summed E-state index contributed by atoms with van der Waals surface area (Å²) in [5.41, 5.74) is 0.866. The topological polar surface area (TPSA) is 66.5 Å². The van der Waals surface area contributed by atoms with Crippen molar-refractivity contribution in [3.05, 3.63) is 69.2 Å². The van der Waals surface area contributed by atoms with Gasteiger partial charge >= 0.3 is 6.03 Å². The molecule has 1 aliphatic heterocycles. The first kappa shape index (κ1) is 20.4. The summed E-state index contributed by atoms with van der Waals surface area (Å²) in [6.45, 7) is 5.43. The number of Topliss-reactive ketones (excluding diaryl/α,β-unsaturated/α-hetero) is 1. The largest absolute Gasteiger partial charge is 0.325 e. The Balaban J connectivity index is 1.82. The fraction of sp³-hybridized carbons (Fsp3) is 0.286. The van der Waals surface area contributed by atoms with Gasteiger partial charge in [-0.2, -0.15) is 0 Å². The van der Waals surface area contributed by atoms with Gasteiger partial charge in [0.25, 0.3) is 5.91 Å². The zero-order valence-electron chi connectivity index (χ0n) is 15.8. The van der Waals surface area contributed by atoms with E-state index in [1.54, 1.807) is 6.92 Å². The summed E-state index contributed by atoms with van der Waals surface area (Å²) in [5.74, 6) is -0.513. The molecule has 0 saturated carbocycles. The monoisotopic (exact) mass is 418 g/mol. The number of ketones is 1. The van der Waals surface area contributed by atoms with Gasteiger partial charge in [0.2, 0.25) is 0 Å². The summed E-state index contributed by atoms with van der Waals surface area (Å²) >= 11 is 11.8. The number of imide groups is 1. The maximum absolute atomic E-state index is 13.0. The fourth-order valence-corrected chi connectivity index (χ4v) is 3.44. The molecular formula is C21H20Cl2N2O3. The van der Waals surface area contributed by atoms with Crippen LogP contribution in [0.25, 0.3) is 0 Å². The van der Waals surface area contributed by atoms with Crippen molar-refractivity contribution in [1.82, 2.24) is 10.2 Å². The average Bonchev–Trinajstić information content (AvgIpc) is 2.88. The molecule has 146 valence electrons. The number of halogens is 2. The molecule has 1 aliphatic rings. The molecule has 1 N–H and O–H groups in total. The summed E-state index contributed by atoms with van der Waals surface area (Å²) < 4.78 is 0. The molecule has 1 atom stereocenters. The highest BCUT2D eigenvalue weighted by Gasteiger charge is 2.49. The number of nitrogens with zero attached hydrogens (tertiary/aromatic N) is 1. The Labute approximate surface area is 173 Å². The minimum absolute atomic E-state index is 0.236. The Hall–Kier alpha value is -2.37. The molecule has 7 heteroatoms. The van der Waals surface area contributed by atoms with Gasteiger partial charge in [0, 0.05) is 5.56 Å². The maximum Gasteiger partial charge on any atom is 0.325 e. The maximum atomic E-state index is 13.0. The lowest BCUT2D eigenvalue weighted by molar-refractivity contribution is -0.130. The van der Waals surface area contributed by atoms with Gasteiger partial charge in [-0.05, 0) is 42.2 Å². The van der Waals surface area contributed by atoms with Crippen LogP contribution in [0.4, 0.5) is 4.79 Å². The molecule has 0 radical (unpaired) electrons. The van der Waals surface area contributed by atoms with Crippen molar-refractivity contribution in [2.24, 2.45) is 0 Å². The molecule has 1 saturated heterocycles. The lowest BCUT2D eigenvalue weighted by Crippen LogP contribution is -2.41. The van der Waals surface area contributed by atoms with Gasteiger partial charge in [-0.25, -0.2) is 4.79 Å². The van der Waals surface area contributed by atoms with Crippen LogP contribution < -0.4 is 5.32 Å². The summed E-state index contributed by atoms with van der Waals surface area (Å²) in [5, 5.41) is 3.27. The highest BCUT2D eigenvalue weighted by atomic mass is 35.5. The first-order valence-electron chi connectivity index (χ1n) is 8.86. The normalized spacial score (nSPS) is 19.3. The third-order valence-electron chi connectivity index (χ3n) is 4.97. The van der Waals surface area contributed by atoms with E-state index in [1.165, 1.54) is 18.2 Å². The van der Waals surface area contributed by atoms with E-state index >= 15 is 0 Å². The summed E-state index contributed by atoms with van der Waals surface area (Å²) in [7, 11) is 0. The molecule has 1 unspecified atom stereocenters. The smallest absolute Gasteiger partial charge is 0.319 e. The van der Waals surface area contributed by atoms with Gasteiger partial charge in [-0.15, -0.1) is 0 Å². The van der Waals surface area contributed by atoms with Gasteiger partial charge in [-0.3, -0.25) is 14.5 Å². The van der Waals surface area contributed by atoms with E-state index < -0.39 is 23.3 Å². The molecule has 3 rings (SSSR count). The van der Waals surface area contributed by atoms with Crippen molar-refractivity contribution in [3.8, 4) is 0 Å². The molecule has 2 aromatic carbocycles. The first-order valence-corrected chi connectivity index (χ1v) is 9.62. The van der Waals surface area contributed by atoms with Crippen LogP contribution in [0.2, 0.25) is 10.0 Å². The fourth-order valence-electron chi connectivity index (χ4n) is 3.14. The highest BCUT2D eigenvalue weighted by Crippen LogP contribution is 2.30. The van der Waals surface area contributed by atoms with Crippen molar-refractivity contribution in [2.75, 3.05) is 6.54 Å². The summed E-state index contributed by atoms with van der Waals surface area (Å²) in [6, 6.07) is 11.4. The minimum Gasteiger partial charge on any atom is -0.319 e. The molecule has 0 spiro atoms. The quantitative estimate of drug-likeness (QED) is 0.561. The number of hydrogen-bond acceptors (Lipinski definition) is 3. The molecule has 3 amide bonds. The zero-order chi connectivity index (χ0) is 20.6. The molecule has 0 aliphatic carbocycles. The predicted octanol–water partition coefficient (Wildman–Crippen LogP) is 4.77. The van der Waals surface area contributed by atoms with Crippen molar-refractivity contribution in [1.29, 1.82) is 0 Å². The van der Waals surface area contributed by atoms with Crippen LogP contribution >= 0.6 is 23.2 Å². The molecule has 0 aromatic heterocycles. The highest BCUT2D eigenvalue weighted by molar-refractivity contribution is 6.42. The van der Waals surface area contributed by atoms with Crippen molar-refractivity contribution in [3.63, 3.8) is 0 Å². The van der Waals surface area contributed by atoms with Crippen molar-refractivity contribution < 1.29 is 14.4 Å². The Kier molecular flexibility index (Phi) is 5.50. The van der Waals surface area contributed by atoms with Gasteiger partial charge in [-0.1, -0.05) is 61.3 Å². The summed E-state index contributed by atoms with van der Waals surface area (Å²) in [4.78, 5) is 38.9. The van der Waals surface area contributed by atoms with E-state index in [-0.39, 0.29) is 17.1 Å². The number of hydrogen-bond donors (Lipinski definition) is 1. The minimum atomic E-state index is -1.22. The lowest BCUT2D eigenvalue weighted by atomic mass is 9.90. The molecule has 2 aromatic rings. The van der Waals surface area contributed by atoms with E-state index in [9.17, 15) is 14.4 Å². The molecule has 5 nitrogen and oxygen atoms in total. The van der Waals surface area contributed by atoms with E-state index in [2.05, 4.69) is 19.2 Å². The van der Waals surface area contributed by atoms with Crippen molar-refractivity contribution >= 4 is 40.9 Å². The van der Waals surface area contributed by atoms with Gasteiger partial charge in [0.1, 0.15) is 5.54 Å². The predicted molar refractivity (Wildman–Crippen MR) is 109 cm³/mol. The zero-order valence-corrected chi connectivity index (χ0v) is 17.3. The summed E-state index contributed by atoms with van der Waals surface area (Å²) in [6.07, 6.45) is 0. The first-order chi connectivity index (χ1) is 13.1. The third-order valence-corrected chi connectivity index (χ3v) is 5.71. The van der Waals surface area contributed by atoms with Crippen LogP contribution in [0, 0.1) is 0 Å². The van der Waals surface area contributed by atoms with E-state index in [4.69, 9.17) is 23.2 Å². The van der Waals surface area contributed by atoms with Crippen LogP contribution in [-0.4, -0.2) is 29.2 Å². The number of nitrogens with one attached hydrogen (secondary N) is 1. The second-order valence-electron chi connectivity index (χ2n) is 7.28. The van der Waals surface area contributed by atoms with Gasteiger partial charge in [0.15, 0.2) is 5.78 Å². The molecular weight excluding hydrogens is 399 g/mol. The van der Waals surface area contributed by atoms with Crippen LogP contribution in [0.5, 0.6) is 0 Å². The second kappa shape index (κ2) is 7.57. The number of carbonyl (C=O) groups excluding carboxylic acids is 3. The van der Waals surface area contributed by atoms with Crippen molar-refractivity contribution in [2.45, 2.75) is 32.2 Å². The number of urea groups is 1. The third kappa shape index (κ3) is 3.64. The molecule has 1 fully saturated rings. The van der Waals surface area contributed by atoms with Gasteiger partial charge in [0.05, 0.1) is 16.6 Å². The van der Waals surface area contributed by atoms with Crippen LogP contribution in [0.3, 0.4) is 0 Å². The molecule has 28 heavy (non-hydrogen) atoms. The molecule has 0 bridgehead atoms. The number of benzene rings is 2. The standard InChI is InChI=1S/C21H20Cl2N2O3/c1-12(2)13-4-7-15(8-5-13)21(3)19(27)25(20(28)24-21)11-18(26)14-6-9-16(22)17(23)10-14/h4-10,12H,11H2,1-3H3,(H,24,28). The Morgan fingerprint density at radius 2 is 1.71 bits per heavy atom. The molecule has 1 heterocycles. The Morgan fingerprint density at radius 1 is 1.07 bits per heavy atom. The van der Waals surface area contributed by atoms with Crippen LogP contribution in [-0.2, 0) is 10.3 Å². The van der Waals surface area contributed by atoms with E-state index in [0.29, 0.717) is 16.5 Å². The van der Waals surface area contributed by atoms with E-state index in [1.807, 2.05) is 24.3 Å². The Bertz CT molecular complexity index is 957. The van der Waals surface area contributed by atoms with Crippen LogP contribution in [0.15, 0.2) is 42.5 Å². The van der Waals surface area contributed by atoms with Gasteiger partial charge < -0.3 is 5.32 Å². The number of rotatable bonds is 5.